The first-order valence-corrected chi connectivity index (χ1v) is 4.58. The van der Waals surface area contributed by atoms with Gasteiger partial charge in [-0.25, -0.2) is 0 Å². The predicted octanol–water partition coefficient (Wildman–Crippen LogP) is 0.00520. The Kier molecular flexibility index (Phi) is 2.94. The number of hydrogen-bond acceptors (Lipinski definition) is 5. The van der Waals surface area contributed by atoms with E-state index in [1.807, 2.05) is 13.8 Å². The van der Waals surface area contributed by atoms with Gasteiger partial charge in [0.05, 0.1) is 17.9 Å². The fraction of sp³-hybridized carbons (Fsp3) is 0.571. The Balaban J connectivity index is 2.61. The third-order valence-corrected chi connectivity index (χ3v) is 2.03. The van der Waals surface area contributed by atoms with E-state index < -0.39 is 5.54 Å². The first-order chi connectivity index (χ1) is 6.05. The van der Waals surface area contributed by atoms with Crippen molar-refractivity contribution in [3.05, 3.63) is 11.9 Å². The van der Waals surface area contributed by atoms with E-state index in [9.17, 15) is 4.79 Å². The number of hydrogen-bond donors (Lipinski definition) is 2. The number of rotatable bonds is 3. The van der Waals surface area contributed by atoms with Gasteiger partial charge in [-0.1, -0.05) is 0 Å². The minimum absolute atomic E-state index is 0.232. The van der Waals surface area contributed by atoms with E-state index >= 15 is 0 Å². The second-order valence-electron chi connectivity index (χ2n) is 3.33. The molecule has 0 aliphatic carbocycles. The fourth-order valence-electron chi connectivity index (χ4n) is 0.687. The quantitative estimate of drug-likeness (QED) is 0.720. The SMILES string of the molecule is CC(C)(CN)NC(=O)c1cnsn1. The molecule has 1 aromatic rings. The minimum Gasteiger partial charge on any atom is -0.344 e. The zero-order chi connectivity index (χ0) is 9.90. The lowest BCUT2D eigenvalue weighted by Crippen LogP contribution is -2.48. The van der Waals surface area contributed by atoms with Gasteiger partial charge in [0.1, 0.15) is 0 Å². The maximum Gasteiger partial charge on any atom is 0.273 e. The molecule has 0 saturated heterocycles. The summed E-state index contributed by atoms with van der Waals surface area (Å²) in [5.74, 6) is -0.232. The van der Waals surface area contributed by atoms with Gasteiger partial charge in [-0.2, -0.15) is 8.75 Å². The monoisotopic (exact) mass is 200 g/mol. The molecule has 0 aliphatic rings. The molecule has 1 amide bonds. The van der Waals surface area contributed by atoms with E-state index in [2.05, 4.69) is 14.1 Å². The summed E-state index contributed by atoms with van der Waals surface area (Å²) in [4.78, 5) is 11.4. The molecule has 1 rings (SSSR count). The maximum absolute atomic E-state index is 11.4. The van der Waals surface area contributed by atoms with E-state index in [0.29, 0.717) is 12.2 Å². The summed E-state index contributed by atoms with van der Waals surface area (Å²) in [6.07, 6.45) is 1.44. The van der Waals surface area contributed by atoms with Crippen molar-refractivity contribution in [1.29, 1.82) is 0 Å². The van der Waals surface area contributed by atoms with Crippen molar-refractivity contribution in [2.75, 3.05) is 6.54 Å². The van der Waals surface area contributed by atoms with Crippen LogP contribution in [0.4, 0.5) is 0 Å². The highest BCUT2D eigenvalue weighted by Crippen LogP contribution is 2.02. The van der Waals surface area contributed by atoms with Crippen LogP contribution in [0.2, 0.25) is 0 Å². The third-order valence-electron chi connectivity index (χ3n) is 1.56. The molecule has 5 nitrogen and oxygen atoms in total. The fourth-order valence-corrected chi connectivity index (χ4v) is 1.10. The van der Waals surface area contributed by atoms with Crippen LogP contribution in [0.15, 0.2) is 6.20 Å². The van der Waals surface area contributed by atoms with Crippen LogP contribution < -0.4 is 11.1 Å². The summed E-state index contributed by atoms with van der Waals surface area (Å²) in [5.41, 5.74) is 5.40. The van der Waals surface area contributed by atoms with Crippen molar-refractivity contribution in [3.8, 4) is 0 Å². The zero-order valence-electron chi connectivity index (χ0n) is 7.57. The molecule has 0 fully saturated rings. The third kappa shape index (κ3) is 2.74. The van der Waals surface area contributed by atoms with Gasteiger partial charge in [-0.3, -0.25) is 4.79 Å². The van der Waals surface area contributed by atoms with E-state index in [0.717, 1.165) is 11.7 Å². The molecular formula is C7H12N4OS. The number of nitrogens with one attached hydrogen (secondary N) is 1. The van der Waals surface area contributed by atoms with Gasteiger partial charge in [0.2, 0.25) is 0 Å². The summed E-state index contributed by atoms with van der Waals surface area (Å²) < 4.78 is 7.55. The van der Waals surface area contributed by atoms with Gasteiger partial charge in [0.15, 0.2) is 5.69 Å². The molecule has 0 aliphatic heterocycles. The maximum atomic E-state index is 11.4. The van der Waals surface area contributed by atoms with E-state index in [1.165, 1.54) is 6.20 Å². The predicted molar refractivity (Wildman–Crippen MR) is 50.5 cm³/mol. The van der Waals surface area contributed by atoms with E-state index in [1.54, 1.807) is 0 Å². The molecule has 1 heterocycles. The smallest absolute Gasteiger partial charge is 0.273 e. The van der Waals surface area contributed by atoms with E-state index in [-0.39, 0.29) is 5.91 Å². The zero-order valence-corrected chi connectivity index (χ0v) is 8.39. The Bertz CT molecular complexity index is 283. The van der Waals surface area contributed by atoms with Crippen molar-refractivity contribution >= 4 is 17.6 Å². The summed E-state index contributed by atoms with van der Waals surface area (Å²) >= 11 is 1.01. The highest BCUT2D eigenvalue weighted by molar-refractivity contribution is 6.99. The van der Waals surface area contributed by atoms with Crippen LogP contribution in [-0.2, 0) is 0 Å². The molecule has 0 bridgehead atoms. The van der Waals surface area contributed by atoms with Crippen LogP contribution in [0.3, 0.4) is 0 Å². The van der Waals surface area contributed by atoms with Crippen LogP contribution in [0.25, 0.3) is 0 Å². The molecule has 1 aromatic heterocycles. The highest BCUT2D eigenvalue weighted by atomic mass is 32.1. The Morgan fingerprint density at radius 3 is 2.92 bits per heavy atom. The molecule has 0 spiro atoms. The summed E-state index contributed by atoms with van der Waals surface area (Å²) in [7, 11) is 0. The molecule has 6 heteroatoms. The number of amides is 1. The molecule has 0 radical (unpaired) electrons. The normalized spacial score (nSPS) is 11.3. The molecule has 0 aromatic carbocycles. The minimum atomic E-state index is -0.402. The van der Waals surface area contributed by atoms with Gasteiger partial charge in [-0.15, -0.1) is 0 Å². The lowest BCUT2D eigenvalue weighted by molar-refractivity contribution is 0.0911. The Labute approximate surface area is 80.7 Å². The summed E-state index contributed by atoms with van der Waals surface area (Å²) in [6, 6.07) is 0. The van der Waals surface area contributed by atoms with Crippen LogP contribution in [-0.4, -0.2) is 26.7 Å². The van der Waals surface area contributed by atoms with Crippen molar-refractivity contribution in [2.45, 2.75) is 19.4 Å². The van der Waals surface area contributed by atoms with Crippen molar-refractivity contribution in [1.82, 2.24) is 14.1 Å². The summed E-state index contributed by atoms with van der Waals surface area (Å²) in [5, 5.41) is 2.75. The highest BCUT2D eigenvalue weighted by Gasteiger charge is 2.20. The van der Waals surface area contributed by atoms with Crippen molar-refractivity contribution in [3.63, 3.8) is 0 Å². The van der Waals surface area contributed by atoms with Crippen molar-refractivity contribution in [2.24, 2.45) is 5.73 Å². The molecule has 3 N–H and O–H groups in total. The molecule has 13 heavy (non-hydrogen) atoms. The Hall–Kier alpha value is -1.01. The largest absolute Gasteiger partial charge is 0.344 e. The van der Waals surface area contributed by atoms with Gasteiger partial charge in [-0.05, 0) is 13.8 Å². The molecule has 0 saturated carbocycles. The standard InChI is InChI=1S/C7H12N4OS/c1-7(2,4-8)10-6(12)5-3-9-13-11-5/h3H,4,8H2,1-2H3,(H,10,12). The first-order valence-electron chi connectivity index (χ1n) is 3.85. The van der Waals surface area contributed by atoms with Gasteiger partial charge in [0.25, 0.3) is 5.91 Å². The number of carbonyl (C=O) groups excluding carboxylic acids is 1. The Morgan fingerprint density at radius 1 is 1.77 bits per heavy atom. The van der Waals surface area contributed by atoms with Gasteiger partial charge < -0.3 is 11.1 Å². The van der Waals surface area contributed by atoms with Crippen molar-refractivity contribution < 1.29 is 4.79 Å². The van der Waals surface area contributed by atoms with Crippen LogP contribution in [0.1, 0.15) is 24.3 Å². The molecule has 0 unspecified atom stereocenters. The number of carbonyl (C=O) groups is 1. The summed E-state index contributed by atoms with van der Waals surface area (Å²) in [6.45, 7) is 4.09. The number of aromatic nitrogens is 2. The lowest BCUT2D eigenvalue weighted by atomic mass is 10.1. The van der Waals surface area contributed by atoms with Crippen LogP contribution in [0.5, 0.6) is 0 Å². The average molecular weight is 200 g/mol. The van der Waals surface area contributed by atoms with Crippen LogP contribution >= 0.6 is 11.7 Å². The molecule has 0 atom stereocenters. The molecule has 72 valence electrons. The number of nitrogens with two attached hydrogens (primary N) is 1. The molecular weight excluding hydrogens is 188 g/mol. The Morgan fingerprint density at radius 2 is 2.46 bits per heavy atom. The first kappa shape index (κ1) is 10.1. The average Bonchev–Trinajstić information content (AvgIpc) is 2.55. The lowest BCUT2D eigenvalue weighted by Gasteiger charge is -2.23. The number of nitrogens with zero attached hydrogens (tertiary/aromatic N) is 2. The van der Waals surface area contributed by atoms with Gasteiger partial charge in [0, 0.05) is 12.1 Å². The van der Waals surface area contributed by atoms with Crippen LogP contribution in [0, 0.1) is 0 Å². The second-order valence-corrected chi connectivity index (χ2v) is 3.89. The van der Waals surface area contributed by atoms with E-state index in [4.69, 9.17) is 5.73 Å². The second kappa shape index (κ2) is 3.80. The topological polar surface area (TPSA) is 80.9 Å². The van der Waals surface area contributed by atoms with Gasteiger partial charge >= 0.3 is 0 Å².